The molecule has 5 nitrogen and oxygen atoms in total. The zero-order valence-electron chi connectivity index (χ0n) is 11.2. The summed E-state index contributed by atoms with van der Waals surface area (Å²) >= 11 is 0. The van der Waals surface area contributed by atoms with E-state index in [4.69, 9.17) is 10.5 Å². The molecule has 0 aliphatic rings. The number of rotatable bonds is 6. The molecule has 0 aromatic heterocycles. The number of anilines is 1. The monoisotopic (exact) mass is 285 g/mol. The number of hydrogen-bond donors (Lipinski definition) is 1. The molecule has 106 valence electrons. The Morgan fingerprint density at radius 3 is 2.63 bits per heavy atom. The summed E-state index contributed by atoms with van der Waals surface area (Å²) in [6.45, 7) is 3.43. The normalized spacial score (nSPS) is 11.3. The van der Waals surface area contributed by atoms with Gasteiger partial charge in [-0.1, -0.05) is 19.1 Å². The van der Waals surface area contributed by atoms with E-state index in [9.17, 15) is 13.2 Å². The first-order chi connectivity index (χ1) is 8.87. The Bertz CT molecular complexity index is 552. The maximum Gasteiger partial charge on any atom is 0.340 e. The lowest BCUT2D eigenvalue weighted by molar-refractivity contribution is 0.0530. The van der Waals surface area contributed by atoms with Crippen molar-refractivity contribution in [2.75, 3.05) is 23.8 Å². The minimum atomic E-state index is -3.14. The zero-order valence-corrected chi connectivity index (χ0v) is 12.0. The molecule has 0 amide bonds. The zero-order chi connectivity index (χ0) is 14.5. The number of esters is 1. The summed E-state index contributed by atoms with van der Waals surface area (Å²) in [6.07, 6.45) is 0.557. The first-order valence-corrected chi connectivity index (χ1v) is 7.92. The Labute approximate surface area is 113 Å². The van der Waals surface area contributed by atoms with Gasteiger partial charge in [0.1, 0.15) is 6.61 Å². The fourth-order valence-corrected chi connectivity index (χ4v) is 2.77. The lowest BCUT2D eigenvalue weighted by Crippen LogP contribution is -2.18. The van der Waals surface area contributed by atoms with E-state index in [1.807, 2.05) is 0 Å². The third-order valence-electron chi connectivity index (χ3n) is 2.69. The molecule has 0 aliphatic carbocycles. The van der Waals surface area contributed by atoms with Crippen LogP contribution in [0, 0.1) is 6.92 Å². The van der Waals surface area contributed by atoms with Crippen molar-refractivity contribution >= 4 is 21.5 Å². The third-order valence-corrected chi connectivity index (χ3v) is 4.51. The molecule has 1 aromatic rings. The molecule has 0 aliphatic heterocycles. The number of nitrogens with two attached hydrogens (primary N) is 1. The lowest BCUT2D eigenvalue weighted by atomic mass is 10.1. The number of sulfone groups is 1. The van der Waals surface area contributed by atoms with Gasteiger partial charge >= 0.3 is 5.97 Å². The highest BCUT2D eigenvalue weighted by Crippen LogP contribution is 2.17. The van der Waals surface area contributed by atoms with Crippen molar-refractivity contribution in [1.29, 1.82) is 0 Å². The van der Waals surface area contributed by atoms with Crippen LogP contribution in [0.2, 0.25) is 0 Å². The van der Waals surface area contributed by atoms with Gasteiger partial charge in [-0.25, -0.2) is 13.2 Å². The van der Waals surface area contributed by atoms with E-state index in [0.29, 0.717) is 12.1 Å². The minimum absolute atomic E-state index is 0.108. The van der Waals surface area contributed by atoms with Crippen molar-refractivity contribution in [2.24, 2.45) is 0 Å². The second-order valence-corrected chi connectivity index (χ2v) is 6.63. The first kappa shape index (κ1) is 15.5. The van der Waals surface area contributed by atoms with E-state index >= 15 is 0 Å². The molecule has 0 fully saturated rings. The summed E-state index contributed by atoms with van der Waals surface area (Å²) in [5.41, 5.74) is 7.19. The van der Waals surface area contributed by atoms with Gasteiger partial charge in [-0.15, -0.1) is 0 Å². The highest BCUT2D eigenvalue weighted by molar-refractivity contribution is 7.91. The van der Waals surface area contributed by atoms with Gasteiger partial charge < -0.3 is 10.5 Å². The van der Waals surface area contributed by atoms with E-state index in [0.717, 1.165) is 5.56 Å². The lowest BCUT2D eigenvalue weighted by Gasteiger charge is -2.08. The summed E-state index contributed by atoms with van der Waals surface area (Å²) in [6, 6.07) is 5.05. The van der Waals surface area contributed by atoms with Crippen LogP contribution in [-0.2, 0) is 14.6 Å². The number of benzene rings is 1. The van der Waals surface area contributed by atoms with Crippen LogP contribution in [0.3, 0.4) is 0 Å². The van der Waals surface area contributed by atoms with Gasteiger partial charge in [0.25, 0.3) is 0 Å². The molecule has 0 bridgehead atoms. The van der Waals surface area contributed by atoms with Crippen molar-refractivity contribution < 1.29 is 17.9 Å². The van der Waals surface area contributed by atoms with Crippen molar-refractivity contribution in [3.05, 3.63) is 29.3 Å². The van der Waals surface area contributed by atoms with Crippen molar-refractivity contribution in [3.8, 4) is 0 Å². The number of carbonyl (C=O) groups is 1. The van der Waals surface area contributed by atoms with Crippen molar-refractivity contribution in [2.45, 2.75) is 20.3 Å². The Morgan fingerprint density at radius 2 is 2.00 bits per heavy atom. The number of nitrogen functional groups attached to an aromatic ring is 1. The maximum absolute atomic E-state index is 11.8. The molecular weight excluding hydrogens is 266 g/mol. The average Bonchev–Trinajstić information content (AvgIpc) is 2.32. The van der Waals surface area contributed by atoms with Crippen LogP contribution in [-0.4, -0.2) is 32.5 Å². The Morgan fingerprint density at radius 1 is 1.32 bits per heavy atom. The molecule has 0 radical (unpaired) electrons. The molecule has 0 atom stereocenters. The van der Waals surface area contributed by atoms with Gasteiger partial charge in [-0.05, 0) is 25.0 Å². The maximum atomic E-state index is 11.8. The van der Waals surface area contributed by atoms with Gasteiger partial charge in [0.05, 0.1) is 17.1 Å². The van der Waals surface area contributed by atoms with Crippen LogP contribution in [0.25, 0.3) is 0 Å². The van der Waals surface area contributed by atoms with Gasteiger partial charge in [0.15, 0.2) is 9.84 Å². The minimum Gasteiger partial charge on any atom is -0.461 e. The molecule has 0 unspecified atom stereocenters. The summed E-state index contributed by atoms with van der Waals surface area (Å²) in [5, 5.41) is 0. The molecule has 0 saturated heterocycles. The predicted molar refractivity (Wildman–Crippen MR) is 74.8 cm³/mol. The smallest absolute Gasteiger partial charge is 0.340 e. The summed E-state index contributed by atoms with van der Waals surface area (Å²) in [4.78, 5) is 11.8. The molecule has 0 spiro atoms. The highest BCUT2D eigenvalue weighted by Gasteiger charge is 2.14. The number of para-hydroxylation sites is 1. The van der Waals surface area contributed by atoms with Crippen LogP contribution >= 0.6 is 0 Å². The molecule has 6 heteroatoms. The third kappa shape index (κ3) is 4.55. The van der Waals surface area contributed by atoms with Crippen LogP contribution < -0.4 is 5.73 Å². The van der Waals surface area contributed by atoms with E-state index in [1.54, 1.807) is 32.0 Å². The second-order valence-electron chi connectivity index (χ2n) is 4.32. The average molecular weight is 285 g/mol. The number of aryl methyl sites for hydroxylation is 1. The van der Waals surface area contributed by atoms with Gasteiger partial charge in [-0.2, -0.15) is 0 Å². The predicted octanol–water partition coefficient (Wildman–Crippen LogP) is 1.56. The molecule has 0 heterocycles. The molecule has 0 saturated carbocycles. The Balaban J connectivity index is 2.60. The van der Waals surface area contributed by atoms with Crippen LogP contribution in [0.5, 0.6) is 0 Å². The van der Waals surface area contributed by atoms with Gasteiger partial charge in [0.2, 0.25) is 0 Å². The van der Waals surface area contributed by atoms with Gasteiger partial charge in [-0.3, -0.25) is 0 Å². The van der Waals surface area contributed by atoms with Crippen LogP contribution in [0.1, 0.15) is 29.3 Å². The fourth-order valence-electron chi connectivity index (χ4n) is 1.61. The van der Waals surface area contributed by atoms with E-state index in [2.05, 4.69) is 0 Å². The SMILES string of the molecule is CCCS(=O)(=O)CCOC(=O)c1cccc(C)c1N. The molecular formula is C13H19NO4S. The Hall–Kier alpha value is -1.56. The molecule has 19 heavy (non-hydrogen) atoms. The summed E-state index contributed by atoms with van der Waals surface area (Å²) in [7, 11) is -3.14. The molecule has 1 aromatic carbocycles. The van der Waals surface area contributed by atoms with Crippen molar-refractivity contribution in [1.82, 2.24) is 0 Å². The molecule has 1 rings (SSSR count). The topological polar surface area (TPSA) is 86.5 Å². The number of hydrogen-bond acceptors (Lipinski definition) is 5. The Kier molecular flexibility index (Phi) is 5.35. The molecule has 2 N–H and O–H groups in total. The van der Waals surface area contributed by atoms with Crippen LogP contribution in [0.4, 0.5) is 5.69 Å². The summed E-state index contributed by atoms with van der Waals surface area (Å²) < 4.78 is 27.9. The summed E-state index contributed by atoms with van der Waals surface area (Å²) in [5.74, 6) is -0.636. The highest BCUT2D eigenvalue weighted by atomic mass is 32.2. The van der Waals surface area contributed by atoms with E-state index < -0.39 is 15.8 Å². The van der Waals surface area contributed by atoms with Crippen LogP contribution in [0.15, 0.2) is 18.2 Å². The quantitative estimate of drug-likeness (QED) is 0.633. The largest absolute Gasteiger partial charge is 0.461 e. The van der Waals surface area contributed by atoms with Crippen molar-refractivity contribution in [3.63, 3.8) is 0 Å². The number of ether oxygens (including phenoxy) is 1. The first-order valence-electron chi connectivity index (χ1n) is 6.10. The number of carbonyl (C=O) groups excluding carboxylic acids is 1. The fraction of sp³-hybridized carbons (Fsp3) is 0.462. The van der Waals surface area contributed by atoms with E-state index in [-0.39, 0.29) is 23.7 Å². The standard InChI is InChI=1S/C13H19NO4S/c1-3-8-19(16,17)9-7-18-13(15)11-6-4-5-10(2)12(11)14/h4-6H,3,7-9,14H2,1-2H3. The van der Waals surface area contributed by atoms with Gasteiger partial charge in [0, 0.05) is 5.69 Å². The van der Waals surface area contributed by atoms with E-state index in [1.165, 1.54) is 0 Å². The second kappa shape index (κ2) is 6.56.